The highest BCUT2D eigenvalue weighted by atomic mass is 16.8. The zero-order chi connectivity index (χ0) is 75.1. The molecular formula is C70H112O33. The van der Waals surface area contributed by atoms with Crippen LogP contribution < -0.4 is 0 Å². The Kier molecular flexibility index (Phi) is 25.0. The first-order valence-corrected chi connectivity index (χ1v) is 36.3. The normalized spacial score (nSPS) is 50.0. The summed E-state index contributed by atoms with van der Waals surface area (Å²) in [6.07, 6.45) is -39.5. The topological polar surface area (TPSA) is 471 Å². The smallest absolute Gasteiger partial charge is 0.313 e. The average Bonchev–Trinajstić information content (AvgIpc) is 1.53. The van der Waals surface area contributed by atoms with Crippen LogP contribution in [0.4, 0.5) is 0 Å². The van der Waals surface area contributed by atoms with Crippen molar-refractivity contribution in [3.05, 3.63) is 11.6 Å². The summed E-state index contributed by atoms with van der Waals surface area (Å²) in [7, 11) is 2.39. The average molecular weight is 1480 g/mol. The first-order chi connectivity index (χ1) is 48.6. The van der Waals surface area contributed by atoms with E-state index in [9.17, 15) is 80.8 Å². The van der Waals surface area contributed by atoms with Gasteiger partial charge in [0.2, 0.25) is 0 Å². The second kappa shape index (κ2) is 31.8. The standard InChI is InChI=1S/C70H112O33/c1-28(2)21-32(92-30(4)74)22-69(10)41-16-19-68(9)34-13-14-40-66(6,7)42(17-18-67(40,8)33(34)15-20-70(41,68)65(86)103-69)98-64-58(54(93-31(5)75)39(27-90-64)97-61-51(85)57(45(79)38(25-73)94-61)101-63-50(84)56(88-12)44(78)37(24-72)96-63)102-60-47(81)46(80)52(29(3)91-60)99-59-48(82)53(35(76)26-89-59)100-62-49(83)55(87-11)43(77)36(23-71)95-62/h13,28-29,32-33,35-64,71-73,76-85H,14-27H2,1-12H3/t29-,32+,33+,35-,36-,37-,38-,39-,40+,41-,42+,43-,44-,45-,46-,47-,48-,49-,50-,51-,52-,53+,54+,55+,56+,57+,58-,59+,60+,61+,62+,63+,64+,67-,68+,69+,70-/m1/s1. The number of methoxy groups -OCH3 is 2. The summed E-state index contributed by atoms with van der Waals surface area (Å²) in [6.45, 7) is 15.5. The van der Waals surface area contributed by atoms with E-state index in [-0.39, 0.29) is 41.0 Å². The summed E-state index contributed by atoms with van der Waals surface area (Å²) in [5, 5.41) is 145. The number of cyclic esters (lactones) is 1. The molecular weight excluding hydrogens is 1370 g/mol. The molecule has 0 radical (unpaired) electrons. The van der Waals surface area contributed by atoms with Gasteiger partial charge in [-0.2, -0.15) is 0 Å². The number of aliphatic hydroxyl groups is 13. The van der Waals surface area contributed by atoms with Gasteiger partial charge in [-0.25, -0.2) is 0 Å². The molecule has 0 unspecified atom stereocenters. The van der Waals surface area contributed by atoms with Gasteiger partial charge in [0.15, 0.2) is 49.9 Å². The molecule has 11 aliphatic rings. The summed E-state index contributed by atoms with van der Waals surface area (Å²) in [5.41, 5.74) is -1.92. The van der Waals surface area contributed by atoms with E-state index >= 15 is 0 Å². The Balaban J connectivity index is 0.856. The molecule has 0 aromatic rings. The summed E-state index contributed by atoms with van der Waals surface area (Å²) >= 11 is 0. The van der Waals surface area contributed by atoms with Crippen molar-refractivity contribution < 1.29 is 161 Å². The van der Waals surface area contributed by atoms with Gasteiger partial charge in [0, 0.05) is 45.8 Å². The molecule has 37 atom stereocenters. The van der Waals surface area contributed by atoms with Gasteiger partial charge >= 0.3 is 17.9 Å². The quantitative estimate of drug-likeness (QED) is 0.0292. The molecule has 13 N–H and O–H groups in total. The Morgan fingerprint density at radius 3 is 1.66 bits per heavy atom. The molecule has 33 heteroatoms. The molecule has 11 rings (SSSR count). The highest BCUT2D eigenvalue weighted by Crippen LogP contribution is 2.76. The molecule has 0 aromatic heterocycles. The number of aliphatic hydroxyl groups excluding tert-OH is 13. The van der Waals surface area contributed by atoms with Gasteiger partial charge in [-0.15, -0.1) is 0 Å². The fourth-order valence-corrected chi connectivity index (χ4v) is 19.9. The van der Waals surface area contributed by atoms with Crippen LogP contribution in [0, 0.1) is 45.3 Å². The summed E-state index contributed by atoms with van der Waals surface area (Å²) in [6, 6.07) is 0. The summed E-state index contributed by atoms with van der Waals surface area (Å²) in [4.78, 5) is 40.8. The minimum atomic E-state index is -2.06. The van der Waals surface area contributed by atoms with Crippen molar-refractivity contribution >= 4 is 17.9 Å². The number of allylic oxidation sites excluding steroid dienone is 2. The van der Waals surface area contributed by atoms with E-state index in [1.54, 1.807) is 0 Å². The summed E-state index contributed by atoms with van der Waals surface area (Å²) < 4.78 is 103. The van der Waals surface area contributed by atoms with Crippen LogP contribution in [0.25, 0.3) is 0 Å². The molecule has 7 saturated heterocycles. The van der Waals surface area contributed by atoms with Gasteiger partial charge < -0.3 is 147 Å². The lowest BCUT2D eigenvalue weighted by molar-refractivity contribution is -0.394. The fourth-order valence-electron chi connectivity index (χ4n) is 19.9. The van der Waals surface area contributed by atoms with Gasteiger partial charge in [-0.3, -0.25) is 14.4 Å². The Morgan fingerprint density at radius 2 is 1.09 bits per heavy atom. The van der Waals surface area contributed by atoms with E-state index in [4.69, 9.17) is 80.5 Å². The van der Waals surface area contributed by atoms with Gasteiger partial charge in [-0.1, -0.05) is 53.2 Å². The fraction of sp³-hybridized carbons (Fsp3) is 0.929. The van der Waals surface area contributed by atoms with Gasteiger partial charge in [0.1, 0.15) is 128 Å². The molecule has 590 valence electrons. The SMILES string of the molecule is CO[C@@H]1[C@@H](O)[C@H](O[C@@H]2[C@@H](O)[C@H](O[C@@H]3CO[C@@H](O[C@H]4CC[C@]5(C)[C@H]6CC[C@]78C(=O)O[C@@](C)(C[C@H](CC(C)C)OC(C)=O)[C@H]7CC[C@@]8(C)C6=CC[C@H]5C4(C)C)[C@H](O[C@@H]4O[C@H](C)[C@@H](O[C@@H]5OC[C@@H](O)[C@H](O[C@@H]6O[C@H](CO)[C@@H](O)[C@H](OC)[C@H]6O)[C@H]5O)[C@H](O)[C@H]4O)[C@H]3OC(C)=O)O[C@H](CO)[C@H]2O)O[C@H](CO)[C@H]1O. The van der Waals surface area contributed by atoms with E-state index < -0.39 is 245 Å². The number of esters is 3. The number of rotatable bonds is 23. The van der Waals surface area contributed by atoms with Crippen LogP contribution in [-0.2, 0) is 94.9 Å². The van der Waals surface area contributed by atoms with E-state index in [2.05, 4.69) is 47.6 Å². The van der Waals surface area contributed by atoms with Gasteiger partial charge in [-0.05, 0) is 93.8 Å². The number of hydrogen-bond acceptors (Lipinski definition) is 33. The van der Waals surface area contributed by atoms with Crippen LogP contribution in [0.3, 0.4) is 0 Å². The monoisotopic (exact) mass is 1480 g/mol. The number of ether oxygens (including phenoxy) is 17. The van der Waals surface area contributed by atoms with Crippen molar-refractivity contribution in [2.45, 2.75) is 317 Å². The number of fused-ring (bicyclic) bond motifs is 4. The largest absolute Gasteiger partial charge is 0.462 e. The molecule has 7 heterocycles. The van der Waals surface area contributed by atoms with Crippen LogP contribution in [0.15, 0.2) is 11.6 Å². The molecule has 10 fully saturated rings. The first kappa shape index (κ1) is 81.1. The minimum Gasteiger partial charge on any atom is -0.462 e. The predicted molar refractivity (Wildman–Crippen MR) is 345 cm³/mol. The highest BCUT2D eigenvalue weighted by molar-refractivity contribution is 5.83. The van der Waals surface area contributed by atoms with Crippen molar-refractivity contribution in [1.82, 2.24) is 0 Å². The second-order valence-corrected chi connectivity index (χ2v) is 32.0. The molecule has 0 amide bonds. The van der Waals surface area contributed by atoms with E-state index in [1.165, 1.54) is 33.6 Å². The van der Waals surface area contributed by atoms with Crippen LogP contribution >= 0.6 is 0 Å². The number of carbonyl (C=O) groups is 3. The molecule has 4 aliphatic carbocycles. The van der Waals surface area contributed by atoms with Gasteiger partial charge in [0.05, 0.1) is 50.7 Å². The van der Waals surface area contributed by atoms with E-state index in [0.717, 1.165) is 26.2 Å². The van der Waals surface area contributed by atoms with Crippen molar-refractivity contribution in [2.24, 2.45) is 45.3 Å². The molecule has 7 aliphatic heterocycles. The van der Waals surface area contributed by atoms with Crippen molar-refractivity contribution in [2.75, 3.05) is 47.3 Å². The molecule has 1 spiro atoms. The van der Waals surface area contributed by atoms with Crippen LogP contribution in [-0.4, -0.2) is 321 Å². The minimum absolute atomic E-state index is 0.0435. The maximum absolute atomic E-state index is 14.8. The second-order valence-electron chi connectivity index (χ2n) is 32.0. The first-order valence-electron chi connectivity index (χ1n) is 36.3. The lowest BCUT2D eigenvalue weighted by Gasteiger charge is -2.64. The third kappa shape index (κ3) is 14.8. The van der Waals surface area contributed by atoms with Crippen molar-refractivity contribution in [3.63, 3.8) is 0 Å². The Labute approximate surface area is 598 Å². The molecule has 0 bridgehead atoms. The molecule has 0 aromatic carbocycles. The van der Waals surface area contributed by atoms with E-state index in [0.29, 0.717) is 38.5 Å². The third-order valence-electron chi connectivity index (χ3n) is 25.0. The molecule has 33 nitrogen and oxygen atoms in total. The van der Waals surface area contributed by atoms with Crippen LogP contribution in [0.1, 0.15) is 127 Å². The number of carbonyl (C=O) groups excluding carboxylic acids is 3. The third-order valence-corrected chi connectivity index (χ3v) is 25.0. The van der Waals surface area contributed by atoms with E-state index in [1.807, 2.05) is 6.92 Å². The predicted octanol–water partition coefficient (Wildman–Crippen LogP) is -2.25. The molecule has 3 saturated carbocycles. The highest BCUT2D eigenvalue weighted by Gasteiger charge is 2.77. The van der Waals surface area contributed by atoms with Crippen molar-refractivity contribution in [3.8, 4) is 0 Å². The molecule has 103 heavy (non-hydrogen) atoms. The maximum atomic E-state index is 14.8. The van der Waals surface area contributed by atoms with Crippen molar-refractivity contribution in [1.29, 1.82) is 0 Å². The summed E-state index contributed by atoms with van der Waals surface area (Å²) in [5.74, 6) is -1.34. The van der Waals surface area contributed by atoms with Gasteiger partial charge in [0.25, 0.3) is 0 Å². The van der Waals surface area contributed by atoms with Crippen LogP contribution in [0.2, 0.25) is 0 Å². The van der Waals surface area contributed by atoms with Crippen LogP contribution in [0.5, 0.6) is 0 Å². The lowest BCUT2D eigenvalue weighted by Crippen LogP contribution is -2.67. The lowest BCUT2D eigenvalue weighted by atomic mass is 9.41. The maximum Gasteiger partial charge on any atom is 0.313 e. The zero-order valence-electron chi connectivity index (χ0n) is 60.6. The Bertz CT molecular complexity index is 2930. The zero-order valence-corrected chi connectivity index (χ0v) is 60.6. The Hall–Kier alpha value is -2.93. The number of hydrogen-bond donors (Lipinski definition) is 13. The Morgan fingerprint density at radius 1 is 0.553 bits per heavy atom.